The van der Waals surface area contributed by atoms with Crippen LogP contribution in [0.4, 0.5) is 5.82 Å². The summed E-state index contributed by atoms with van der Waals surface area (Å²) in [6.45, 7) is 10.8. The van der Waals surface area contributed by atoms with E-state index in [9.17, 15) is 4.79 Å². The van der Waals surface area contributed by atoms with Gasteiger partial charge in [0.05, 0.1) is 5.56 Å². The van der Waals surface area contributed by atoms with Crippen molar-refractivity contribution in [3.63, 3.8) is 0 Å². The van der Waals surface area contributed by atoms with Gasteiger partial charge in [0.25, 0.3) is 5.91 Å². The summed E-state index contributed by atoms with van der Waals surface area (Å²) in [6, 6.07) is 4.07. The Morgan fingerprint density at radius 2 is 2.04 bits per heavy atom. The number of carbonyl (C=O) groups excluding carboxylic acids is 1. The lowest BCUT2D eigenvalue weighted by atomic mass is 9.88. The number of nitrogens with zero attached hydrogens (tertiary/aromatic N) is 2. The molecule has 1 aromatic rings. The van der Waals surface area contributed by atoms with E-state index in [1.54, 1.807) is 6.20 Å². The van der Waals surface area contributed by atoms with E-state index in [1.807, 2.05) is 19.1 Å². The number of anilines is 1. The van der Waals surface area contributed by atoms with Crippen molar-refractivity contribution in [3.05, 3.63) is 23.9 Å². The van der Waals surface area contributed by atoms with Gasteiger partial charge in [-0.05, 0) is 56.6 Å². The van der Waals surface area contributed by atoms with Gasteiger partial charge in [-0.1, -0.05) is 20.8 Å². The van der Waals surface area contributed by atoms with Crippen LogP contribution >= 0.6 is 0 Å². The average molecular weight is 319 g/mol. The van der Waals surface area contributed by atoms with Crippen LogP contribution in [-0.2, 0) is 0 Å². The lowest BCUT2D eigenvalue weighted by Gasteiger charge is -2.33. The molecule has 1 aliphatic heterocycles. The zero-order valence-electron chi connectivity index (χ0n) is 15.0. The van der Waals surface area contributed by atoms with Gasteiger partial charge in [0.2, 0.25) is 0 Å². The molecule has 0 aromatic carbocycles. The molecule has 1 atom stereocenters. The fourth-order valence-electron chi connectivity index (χ4n) is 3.18. The van der Waals surface area contributed by atoms with Crippen molar-refractivity contribution >= 4 is 11.7 Å². The third kappa shape index (κ3) is 5.22. The molecule has 4 nitrogen and oxygen atoms in total. The van der Waals surface area contributed by atoms with Gasteiger partial charge in [-0.3, -0.25) is 4.79 Å². The Labute approximate surface area is 142 Å². The average Bonchev–Trinajstić information content (AvgIpc) is 2.55. The minimum atomic E-state index is -0.0333. The van der Waals surface area contributed by atoms with Crippen molar-refractivity contribution in [3.8, 4) is 0 Å². The predicted molar refractivity (Wildman–Crippen MR) is 98.0 cm³/mol. The van der Waals surface area contributed by atoms with E-state index in [2.05, 4.69) is 36.0 Å². The van der Waals surface area contributed by atoms with Crippen molar-refractivity contribution in [1.82, 2.24) is 10.3 Å². The van der Waals surface area contributed by atoms with Crippen molar-refractivity contribution in [2.24, 2.45) is 11.8 Å². The van der Waals surface area contributed by atoms with Crippen LogP contribution < -0.4 is 10.2 Å². The Morgan fingerprint density at radius 3 is 2.57 bits per heavy atom. The molecule has 1 aromatic heterocycles. The van der Waals surface area contributed by atoms with E-state index in [1.165, 1.54) is 19.3 Å². The van der Waals surface area contributed by atoms with E-state index in [0.717, 1.165) is 37.2 Å². The molecule has 0 radical (unpaired) electrons. The minimum absolute atomic E-state index is 0. The van der Waals surface area contributed by atoms with Gasteiger partial charge in [0.1, 0.15) is 5.82 Å². The van der Waals surface area contributed by atoms with Crippen molar-refractivity contribution in [2.45, 2.75) is 59.4 Å². The van der Waals surface area contributed by atoms with Crippen LogP contribution in [0.1, 0.15) is 65.2 Å². The third-order valence-electron chi connectivity index (χ3n) is 4.74. The van der Waals surface area contributed by atoms with Gasteiger partial charge >= 0.3 is 0 Å². The lowest BCUT2D eigenvalue weighted by molar-refractivity contribution is 0.0939. The molecule has 0 spiro atoms. The number of nitrogens with one attached hydrogen (secondary N) is 1. The number of hydrogen-bond acceptors (Lipinski definition) is 3. The smallest absolute Gasteiger partial charge is 0.253 e. The highest BCUT2D eigenvalue weighted by molar-refractivity contribution is 5.94. The number of piperidine rings is 1. The highest BCUT2D eigenvalue weighted by Gasteiger charge is 2.21. The summed E-state index contributed by atoms with van der Waals surface area (Å²) >= 11 is 0. The predicted octanol–water partition coefficient (Wildman–Crippen LogP) is 4.12. The van der Waals surface area contributed by atoms with Gasteiger partial charge in [-0.25, -0.2) is 4.98 Å². The van der Waals surface area contributed by atoms with Crippen LogP contribution in [0.5, 0.6) is 0 Å². The third-order valence-corrected chi connectivity index (χ3v) is 4.74. The molecule has 1 saturated heterocycles. The Kier molecular flexibility index (Phi) is 6.43. The summed E-state index contributed by atoms with van der Waals surface area (Å²) in [5.74, 6) is 2.60. The molecule has 2 heterocycles. The second-order valence-electron chi connectivity index (χ2n) is 7.25. The van der Waals surface area contributed by atoms with Crippen LogP contribution in [0, 0.1) is 11.8 Å². The maximum absolute atomic E-state index is 12.1. The molecule has 2 rings (SSSR count). The SMILES string of the molecule is CCC(C)NC(=O)c1ccc(N2CCC(CC(C)C)CC2)nc1.[HH]. The summed E-state index contributed by atoms with van der Waals surface area (Å²) in [5, 5.41) is 2.98. The topological polar surface area (TPSA) is 45.2 Å². The molecule has 1 fully saturated rings. The Bertz CT molecular complexity index is 496. The molecular formula is C19H33N3O. The minimum Gasteiger partial charge on any atom is -0.357 e. The van der Waals surface area contributed by atoms with Crippen LogP contribution in [0.15, 0.2) is 18.3 Å². The quantitative estimate of drug-likeness (QED) is 0.858. The standard InChI is InChI=1S/C19H31N3O.H2/c1-5-15(4)21-19(23)17-6-7-18(20-13-17)22-10-8-16(9-11-22)12-14(2)3;/h6-7,13-16H,5,8-12H2,1-4H3,(H,21,23);1H. The van der Waals surface area contributed by atoms with Crippen molar-refractivity contribution in [2.75, 3.05) is 18.0 Å². The van der Waals surface area contributed by atoms with E-state index in [-0.39, 0.29) is 13.4 Å². The molecule has 0 bridgehead atoms. The van der Waals surface area contributed by atoms with E-state index >= 15 is 0 Å². The second kappa shape index (κ2) is 8.32. The van der Waals surface area contributed by atoms with Crippen LogP contribution in [0.2, 0.25) is 0 Å². The zero-order chi connectivity index (χ0) is 16.8. The first-order valence-corrected chi connectivity index (χ1v) is 9.01. The van der Waals surface area contributed by atoms with Crippen LogP contribution in [0.25, 0.3) is 0 Å². The number of hydrogen-bond donors (Lipinski definition) is 1. The zero-order valence-corrected chi connectivity index (χ0v) is 15.0. The van der Waals surface area contributed by atoms with Gasteiger partial charge in [-0.15, -0.1) is 0 Å². The summed E-state index contributed by atoms with van der Waals surface area (Å²) < 4.78 is 0. The molecule has 1 aliphatic rings. The largest absolute Gasteiger partial charge is 0.357 e. The Morgan fingerprint density at radius 1 is 1.35 bits per heavy atom. The second-order valence-corrected chi connectivity index (χ2v) is 7.25. The summed E-state index contributed by atoms with van der Waals surface area (Å²) in [4.78, 5) is 18.9. The molecule has 0 aliphatic carbocycles. The number of amides is 1. The molecule has 0 saturated carbocycles. The summed E-state index contributed by atoms with van der Waals surface area (Å²) in [7, 11) is 0. The maximum Gasteiger partial charge on any atom is 0.253 e. The van der Waals surface area contributed by atoms with Crippen LogP contribution in [0.3, 0.4) is 0 Å². The fraction of sp³-hybridized carbons (Fsp3) is 0.684. The molecule has 1 amide bonds. The summed E-state index contributed by atoms with van der Waals surface area (Å²) in [6.07, 6.45) is 6.46. The molecule has 1 N–H and O–H groups in total. The molecule has 1 unspecified atom stereocenters. The number of carbonyl (C=O) groups is 1. The normalized spacial score (nSPS) is 17.3. The number of aromatic nitrogens is 1. The summed E-state index contributed by atoms with van der Waals surface area (Å²) in [5.41, 5.74) is 0.642. The molecule has 23 heavy (non-hydrogen) atoms. The first-order valence-electron chi connectivity index (χ1n) is 9.01. The molecule has 4 heteroatoms. The van der Waals surface area contributed by atoms with Crippen molar-refractivity contribution in [1.29, 1.82) is 0 Å². The molecule has 130 valence electrons. The van der Waals surface area contributed by atoms with Gasteiger partial charge in [-0.2, -0.15) is 0 Å². The lowest BCUT2D eigenvalue weighted by Crippen LogP contribution is -2.35. The Hall–Kier alpha value is -1.58. The highest BCUT2D eigenvalue weighted by Crippen LogP contribution is 2.26. The first kappa shape index (κ1) is 17.8. The molecular weight excluding hydrogens is 286 g/mol. The van der Waals surface area contributed by atoms with E-state index in [0.29, 0.717) is 5.56 Å². The van der Waals surface area contributed by atoms with Crippen molar-refractivity contribution < 1.29 is 6.22 Å². The number of rotatable bonds is 6. The highest BCUT2D eigenvalue weighted by atomic mass is 16.1. The Balaban J connectivity index is 0.00000288. The van der Waals surface area contributed by atoms with Crippen LogP contribution in [-0.4, -0.2) is 30.0 Å². The van der Waals surface area contributed by atoms with E-state index in [4.69, 9.17) is 0 Å². The van der Waals surface area contributed by atoms with Gasteiger partial charge < -0.3 is 10.2 Å². The van der Waals surface area contributed by atoms with Gasteiger partial charge in [0.15, 0.2) is 0 Å². The fourth-order valence-corrected chi connectivity index (χ4v) is 3.18. The maximum atomic E-state index is 12.1. The number of pyridine rings is 1. The van der Waals surface area contributed by atoms with Gasteiger partial charge in [0, 0.05) is 26.8 Å². The van der Waals surface area contributed by atoms with E-state index < -0.39 is 0 Å². The first-order chi connectivity index (χ1) is 11.0. The monoisotopic (exact) mass is 319 g/mol.